The predicted octanol–water partition coefficient (Wildman–Crippen LogP) is 6.46. The molecule has 2 aromatic heterocycles. The number of piperazine rings is 1. The minimum Gasteiger partial charge on any atom is -0.369 e. The zero-order valence-electron chi connectivity index (χ0n) is 22.4. The first-order valence-corrected chi connectivity index (χ1v) is 14.7. The van der Waals surface area contributed by atoms with Crippen molar-refractivity contribution in [1.82, 2.24) is 14.9 Å². The largest absolute Gasteiger partial charge is 0.369 e. The molecule has 2 bridgehead atoms. The Morgan fingerprint density at radius 2 is 1.80 bits per heavy atom. The first-order valence-electron chi connectivity index (χ1n) is 13.9. The number of carbonyl (C=O) groups excluding carboxylic acids is 1. The molecule has 1 saturated heterocycles. The lowest BCUT2D eigenvalue weighted by atomic mass is 9.99. The fraction of sp³-hybridized carbons (Fsp3) is 0.323. The molecule has 9 heteroatoms. The van der Waals surface area contributed by atoms with Gasteiger partial charge in [0.15, 0.2) is 0 Å². The normalized spacial score (nSPS) is 20.0. The molecule has 4 aromatic rings. The van der Waals surface area contributed by atoms with Crippen LogP contribution in [0.5, 0.6) is 0 Å². The van der Waals surface area contributed by atoms with Gasteiger partial charge in [-0.15, -0.1) is 11.3 Å². The molecule has 3 heterocycles. The number of aromatic nitrogens is 2. The number of likely N-dealkylation sites (N-methyl/N-ethyl adjacent to an activating group) is 1. The summed E-state index contributed by atoms with van der Waals surface area (Å²) in [6.07, 6.45) is 5.32. The van der Waals surface area contributed by atoms with E-state index in [1.54, 1.807) is 35.7 Å². The van der Waals surface area contributed by atoms with E-state index in [4.69, 9.17) is 0 Å². The molecule has 2 aliphatic carbocycles. The molecule has 3 aliphatic rings. The molecule has 0 spiro atoms. The highest BCUT2D eigenvalue weighted by molar-refractivity contribution is 7.14. The van der Waals surface area contributed by atoms with E-state index >= 15 is 0 Å². The van der Waals surface area contributed by atoms with Crippen LogP contribution >= 0.6 is 11.3 Å². The third-order valence-corrected chi connectivity index (χ3v) is 9.73. The number of thiophene rings is 1. The average Bonchev–Trinajstić information content (AvgIpc) is 3.70. The second kappa shape index (κ2) is 10.3. The summed E-state index contributed by atoms with van der Waals surface area (Å²) in [6.45, 7) is 4.16. The van der Waals surface area contributed by atoms with Gasteiger partial charge in [0.2, 0.25) is 5.95 Å². The number of fused-ring (bicyclic) bond motifs is 5. The first-order chi connectivity index (χ1) is 19.5. The summed E-state index contributed by atoms with van der Waals surface area (Å²) in [5, 5.41) is 6.07. The summed E-state index contributed by atoms with van der Waals surface area (Å²) in [4.78, 5) is 28.8. The number of carbonyl (C=O) groups is 1. The lowest BCUT2D eigenvalue weighted by Crippen LogP contribution is -2.44. The summed E-state index contributed by atoms with van der Waals surface area (Å²) in [5.74, 6) is 0.895. The fourth-order valence-corrected chi connectivity index (χ4v) is 7.46. The predicted molar refractivity (Wildman–Crippen MR) is 158 cm³/mol. The lowest BCUT2D eigenvalue weighted by Gasteiger charge is -2.34. The van der Waals surface area contributed by atoms with Crippen molar-refractivity contribution in [2.75, 3.05) is 48.8 Å². The maximum atomic E-state index is 14.7. The zero-order chi connectivity index (χ0) is 27.2. The Bertz CT molecular complexity index is 1540. The van der Waals surface area contributed by atoms with E-state index in [0.29, 0.717) is 33.9 Å². The van der Waals surface area contributed by atoms with E-state index < -0.39 is 5.82 Å². The Labute approximate surface area is 237 Å². The highest BCUT2D eigenvalue weighted by atomic mass is 32.1. The number of hydrogen-bond acceptors (Lipinski definition) is 7. The number of amides is 1. The number of benzene rings is 2. The van der Waals surface area contributed by atoms with Crippen LogP contribution in [-0.2, 0) is 0 Å². The van der Waals surface area contributed by atoms with Crippen LogP contribution < -0.4 is 15.5 Å². The minimum atomic E-state index is -0.478. The van der Waals surface area contributed by atoms with Crippen LogP contribution in [0.25, 0.3) is 11.3 Å². The number of nitrogens with zero attached hydrogens (tertiary/aromatic N) is 4. The van der Waals surface area contributed by atoms with Gasteiger partial charge in [0.1, 0.15) is 5.82 Å². The van der Waals surface area contributed by atoms with Crippen molar-refractivity contribution >= 4 is 40.3 Å². The fourth-order valence-electron chi connectivity index (χ4n) is 6.16. The molecule has 204 valence electrons. The molecule has 0 radical (unpaired) electrons. The second-order valence-corrected chi connectivity index (χ2v) is 12.1. The molecular weight excluding hydrogens is 523 g/mol. The van der Waals surface area contributed by atoms with Crippen molar-refractivity contribution in [1.29, 1.82) is 0 Å². The number of halogens is 1. The number of nitrogens with one attached hydrogen (secondary N) is 2. The van der Waals surface area contributed by atoms with Gasteiger partial charge in [-0.2, -0.15) is 0 Å². The van der Waals surface area contributed by atoms with Crippen molar-refractivity contribution in [3.05, 3.63) is 81.9 Å². The van der Waals surface area contributed by atoms with Gasteiger partial charge in [-0.1, -0.05) is 0 Å². The Kier molecular flexibility index (Phi) is 6.48. The quantitative estimate of drug-likeness (QED) is 0.285. The van der Waals surface area contributed by atoms with Gasteiger partial charge in [-0.25, -0.2) is 14.4 Å². The maximum absolute atomic E-state index is 14.7. The van der Waals surface area contributed by atoms with Gasteiger partial charge >= 0.3 is 0 Å². The molecular formula is C31H31FN6OS. The Morgan fingerprint density at radius 1 is 1.00 bits per heavy atom. The van der Waals surface area contributed by atoms with Crippen molar-refractivity contribution < 1.29 is 9.18 Å². The van der Waals surface area contributed by atoms with E-state index in [-0.39, 0.29) is 11.6 Å². The van der Waals surface area contributed by atoms with Gasteiger partial charge in [-0.05, 0) is 98.3 Å². The third kappa shape index (κ3) is 4.84. The van der Waals surface area contributed by atoms with Crippen LogP contribution in [0.15, 0.2) is 60.8 Å². The summed E-state index contributed by atoms with van der Waals surface area (Å²) in [5.41, 5.74) is 4.89. The standard InChI is InChI=1S/C31H31FN6OS/c1-37-12-14-38(15-13-37)23-7-5-22(6-8-23)34-31-33-11-10-26(36-31)20-4-9-25(32)27(17-20)35-30(39)28-18-24-19-2-3-21(16-19)29(24)40-28/h4-11,17-19,21H,2-3,12-16H2,1H3,(H,35,39)(H,33,34,36). The average molecular weight is 555 g/mol. The third-order valence-electron chi connectivity index (χ3n) is 8.42. The van der Waals surface area contributed by atoms with Crippen molar-refractivity contribution in [3.63, 3.8) is 0 Å². The van der Waals surface area contributed by atoms with Gasteiger partial charge in [0.25, 0.3) is 5.91 Å². The summed E-state index contributed by atoms with van der Waals surface area (Å²) >= 11 is 1.56. The molecule has 2 fully saturated rings. The van der Waals surface area contributed by atoms with Crippen LogP contribution in [0.3, 0.4) is 0 Å². The lowest BCUT2D eigenvalue weighted by molar-refractivity contribution is 0.103. The van der Waals surface area contributed by atoms with E-state index in [9.17, 15) is 9.18 Å². The summed E-state index contributed by atoms with van der Waals surface area (Å²) < 4.78 is 14.7. The number of hydrogen-bond donors (Lipinski definition) is 2. The number of anilines is 4. The minimum absolute atomic E-state index is 0.145. The SMILES string of the molecule is CN1CCN(c2ccc(Nc3nccc(-c4ccc(F)c(NC(=O)c5cc6c(s5)C5CCC6C5)c4)n3)cc2)CC1. The van der Waals surface area contributed by atoms with Crippen LogP contribution in [0.1, 0.15) is 51.2 Å². The van der Waals surface area contributed by atoms with Crippen molar-refractivity contribution in [2.45, 2.75) is 31.1 Å². The van der Waals surface area contributed by atoms with Gasteiger partial charge in [0.05, 0.1) is 16.3 Å². The van der Waals surface area contributed by atoms with E-state index in [1.807, 2.05) is 18.2 Å². The molecule has 2 N–H and O–H groups in total. The van der Waals surface area contributed by atoms with E-state index in [1.165, 1.54) is 41.5 Å². The topological polar surface area (TPSA) is 73.4 Å². The highest BCUT2D eigenvalue weighted by Crippen LogP contribution is 2.55. The second-order valence-electron chi connectivity index (χ2n) is 11.0. The van der Waals surface area contributed by atoms with Crippen LogP contribution in [0.2, 0.25) is 0 Å². The van der Waals surface area contributed by atoms with Crippen LogP contribution in [0.4, 0.5) is 27.4 Å². The number of rotatable bonds is 6. The zero-order valence-corrected chi connectivity index (χ0v) is 23.2. The monoisotopic (exact) mass is 554 g/mol. The summed E-state index contributed by atoms with van der Waals surface area (Å²) in [7, 11) is 2.15. The molecule has 7 nitrogen and oxygen atoms in total. The van der Waals surface area contributed by atoms with Crippen LogP contribution in [-0.4, -0.2) is 54.0 Å². The molecule has 1 amide bonds. The molecule has 1 aliphatic heterocycles. The van der Waals surface area contributed by atoms with Gasteiger partial charge in [-0.3, -0.25) is 4.79 Å². The van der Waals surface area contributed by atoms with E-state index in [0.717, 1.165) is 31.9 Å². The molecule has 7 rings (SSSR count). The smallest absolute Gasteiger partial charge is 0.265 e. The Balaban J connectivity index is 1.05. The highest BCUT2D eigenvalue weighted by Gasteiger charge is 2.39. The summed E-state index contributed by atoms with van der Waals surface area (Å²) in [6, 6.07) is 16.7. The Morgan fingerprint density at radius 3 is 2.60 bits per heavy atom. The first kappa shape index (κ1) is 25.2. The van der Waals surface area contributed by atoms with E-state index in [2.05, 4.69) is 49.6 Å². The Hall–Kier alpha value is -3.82. The molecule has 2 aromatic carbocycles. The molecule has 40 heavy (non-hydrogen) atoms. The molecule has 2 atom stereocenters. The maximum Gasteiger partial charge on any atom is 0.265 e. The van der Waals surface area contributed by atoms with Crippen molar-refractivity contribution in [3.8, 4) is 11.3 Å². The van der Waals surface area contributed by atoms with Gasteiger partial charge in [0, 0.05) is 54.2 Å². The van der Waals surface area contributed by atoms with Crippen LogP contribution in [0, 0.1) is 5.82 Å². The van der Waals surface area contributed by atoms with Crippen molar-refractivity contribution in [2.24, 2.45) is 0 Å². The molecule has 1 saturated carbocycles. The molecule has 2 unspecified atom stereocenters. The van der Waals surface area contributed by atoms with Gasteiger partial charge < -0.3 is 20.4 Å².